The molecule has 4 fully saturated rings. The molecular weight excluding hydrogens is 324 g/mol. The van der Waals surface area contributed by atoms with Crippen molar-refractivity contribution in [1.82, 2.24) is 0 Å². The molecule has 0 aromatic heterocycles. The topological polar surface area (TPSA) is 0 Å². The van der Waals surface area contributed by atoms with Gasteiger partial charge >= 0.3 is 0 Å². The fourth-order valence-electron chi connectivity index (χ4n) is 9.34. The quantitative estimate of drug-likeness (QED) is 0.427. The molecule has 4 aliphatic carbocycles. The Kier molecular flexibility index (Phi) is 5.35. The highest BCUT2D eigenvalue weighted by atomic mass is 14.7. The first-order valence-corrected chi connectivity index (χ1v) is 12.5. The minimum absolute atomic E-state index is 0.640. The van der Waals surface area contributed by atoms with Crippen LogP contribution in [-0.2, 0) is 0 Å². The Morgan fingerprint density at radius 3 is 2.52 bits per heavy atom. The van der Waals surface area contributed by atoms with Crippen molar-refractivity contribution in [2.75, 3.05) is 0 Å². The minimum atomic E-state index is 0.640. The zero-order valence-corrected chi connectivity index (χ0v) is 19.0. The second-order valence-corrected chi connectivity index (χ2v) is 12.0. The van der Waals surface area contributed by atoms with E-state index in [1.165, 1.54) is 56.9 Å². The molecule has 0 aliphatic heterocycles. The van der Waals surface area contributed by atoms with E-state index in [0.29, 0.717) is 10.8 Å². The molecule has 0 bridgehead atoms. The average Bonchev–Trinajstić information content (AvgIpc) is 3.14. The van der Waals surface area contributed by atoms with Gasteiger partial charge in [-0.1, -0.05) is 46.8 Å². The summed E-state index contributed by atoms with van der Waals surface area (Å²) in [6.45, 7) is 17.1. The molecule has 0 spiro atoms. The molecule has 27 heavy (non-hydrogen) atoms. The molecule has 0 saturated heterocycles. The van der Waals surface area contributed by atoms with Gasteiger partial charge in [-0.25, -0.2) is 0 Å². The number of hydrogen-bond donors (Lipinski definition) is 0. The SMILES string of the molecule is C=C(CC)CCC(C)C1CCC2C3CCC4CC(C)CC4(C)C3CCC12C. The van der Waals surface area contributed by atoms with Crippen molar-refractivity contribution in [2.45, 2.75) is 105 Å². The van der Waals surface area contributed by atoms with E-state index >= 15 is 0 Å². The molecule has 0 amide bonds. The fourth-order valence-corrected chi connectivity index (χ4v) is 9.34. The molecule has 0 aromatic carbocycles. The lowest BCUT2D eigenvalue weighted by molar-refractivity contribution is -0.0904. The van der Waals surface area contributed by atoms with E-state index in [4.69, 9.17) is 0 Å². The van der Waals surface area contributed by atoms with Crippen LogP contribution in [0.15, 0.2) is 12.2 Å². The van der Waals surface area contributed by atoms with E-state index in [0.717, 1.165) is 41.4 Å². The van der Waals surface area contributed by atoms with Crippen LogP contribution in [0.4, 0.5) is 0 Å². The van der Waals surface area contributed by atoms with Crippen LogP contribution in [0.1, 0.15) is 105 Å². The summed E-state index contributed by atoms with van der Waals surface area (Å²) in [4.78, 5) is 0. The first-order chi connectivity index (χ1) is 12.8. The Labute approximate surface area is 170 Å². The Morgan fingerprint density at radius 2 is 1.78 bits per heavy atom. The molecular formula is C27H46. The van der Waals surface area contributed by atoms with Crippen LogP contribution in [0, 0.1) is 52.3 Å². The third kappa shape index (κ3) is 3.16. The smallest absolute Gasteiger partial charge is 0.0264 e. The maximum Gasteiger partial charge on any atom is -0.0264 e. The van der Waals surface area contributed by atoms with Gasteiger partial charge in [-0.3, -0.25) is 0 Å². The number of allylic oxidation sites excluding steroid dienone is 1. The molecule has 4 saturated carbocycles. The largest absolute Gasteiger partial charge is 0.0999 e. The highest BCUT2D eigenvalue weighted by Crippen LogP contribution is 2.69. The van der Waals surface area contributed by atoms with Gasteiger partial charge in [0, 0.05) is 0 Å². The van der Waals surface area contributed by atoms with Gasteiger partial charge in [0.15, 0.2) is 0 Å². The van der Waals surface area contributed by atoms with Gasteiger partial charge < -0.3 is 0 Å². The van der Waals surface area contributed by atoms with E-state index in [-0.39, 0.29) is 0 Å². The van der Waals surface area contributed by atoms with Crippen molar-refractivity contribution in [3.63, 3.8) is 0 Å². The molecule has 9 unspecified atom stereocenters. The summed E-state index contributed by atoms with van der Waals surface area (Å²) in [5.41, 5.74) is 2.79. The summed E-state index contributed by atoms with van der Waals surface area (Å²) in [5, 5.41) is 0. The second-order valence-electron chi connectivity index (χ2n) is 12.0. The van der Waals surface area contributed by atoms with Gasteiger partial charge in [-0.15, -0.1) is 0 Å². The average molecular weight is 371 g/mol. The van der Waals surface area contributed by atoms with Crippen molar-refractivity contribution in [3.05, 3.63) is 12.2 Å². The molecule has 9 atom stereocenters. The minimum Gasteiger partial charge on any atom is -0.0999 e. The molecule has 0 N–H and O–H groups in total. The van der Waals surface area contributed by atoms with Crippen LogP contribution in [0.2, 0.25) is 0 Å². The lowest BCUT2D eigenvalue weighted by atomic mass is 9.47. The van der Waals surface area contributed by atoms with E-state index in [1.807, 2.05) is 0 Å². The molecule has 0 heteroatoms. The zero-order valence-electron chi connectivity index (χ0n) is 19.0. The summed E-state index contributed by atoms with van der Waals surface area (Å²) in [6.07, 6.45) is 16.1. The van der Waals surface area contributed by atoms with Gasteiger partial charge in [0.1, 0.15) is 0 Å². The highest BCUT2D eigenvalue weighted by Gasteiger charge is 2.61. The maximum atomic E-state index is 4.27. The first-order valence-electron chi connectivity index (χ1n) is 12.5. The monoisotopic (exact) mass is 370 g/mol. The van der Waals surface area contributed by atoms with Crippen molar-refractivity contribution >= 4 is 0 Å². The van der Waals surface area contributed by atoms with Gasteiger partial charge in [0.05, 0.1) is 0 Å². The molecule has 0 heterocycles. The van der Waals surface area contributed by atoms with E-state index < -0.39 is 0 Å². The predicted molar refractivity (Wildman–Crippen MR) is 118 cm³/mol. The van der Waals surface area contributed by atoms with Gasteiger partial charge in [-0.2, -0.15) is 0 Å². The number of rotatable bonds is 5. The Bertz CT molecular complexity index is 560. The molecule has 154 valence electrons. The highest BCUT2D eigenvalue weighted by molar-refractivity contribution is 5.10. The third-order valence-corrected chi connectivity index (χ3v) is 10.8. The fraction of sp³-hybridized carbons (Fsp3) is 0.926. The summed E-state index contributed by atoms with van der Waals surface area (Å²) in [6, 6.07) is 0. The summed E-state index contributed by atoms with van der Waals surface area (Å²) < 4.78 is 0. The maximum absolute atomic E-state index is 4.27. The van der Waals surface area contributed by atoms with Gasteiger partial charge in [0.25, 0.3) is 0 Å². The number of fused-ring (bicyclic) bond motifs is 5. The van der Waals surface area contributed by atoms with Crippen LogP contribution < -0.4 is 0 Å². The van der Waals surface area contributed by atoms with Gasteiger partial charge in [0.2, 0.25) is 0 Å². The Balaban J connectivity index is 1.49. The third-order valence-electron chi connectivity index (χ3n) is 10.8. The van der Waals surface area contributed by atoms with E-state index in [1.54, 1.807) is 19.3 Å². The van der Waals surface area contributed by atoms with E-state index in [2.05, 4.69) is 41.2 Å². The van der Waals surface area contributed by atoms with Crippen molar-refractivity contribution < 1.29 is 0 Å². The Morgan fingerprint density at radius 1 is 1.04 bits per heavy atom. The normalized spacial score (nSPS) is 50.0. The molecule has 0 aromatic rings. The number of hydrogen-bond acceptors (Lipinski definition) is 0. The molecule has 0 nitrogen and oxygen atoms in total. The van der Waals surface area contributed by atoms with Crippen LogP contribution in [0.5, 0.6) is 0 Å². The van der Waals surface area contributed by atoms with Crippen molar-refractivity contribution in [1.29, 1.82) is 0 Å². The van der Waals surface area contributed by atoms with Crippen molar-refractivity contribution in [2.24, 2.45) is 52.3 Å². The second kappa shape index (κ2) is 7.21. The van der Waals surface area contributed by atoms with Crippen LogP contribution in [0.25, 0.3) is 0 Å². The summed E-state index contributed by atoms with van der Waals surface area (Å²) in [5.74, 6) is 7.03. The van der Waals surface area contributed by atoms with Crippen LogP contribution in [0.3, 0.4) is 0 Å². The van der Waals surface area contributed by atoms with Crippen LogP contribution >= 0.6 is 0 Å². The molecule has 4 rings (SSSR count). The first kappa shape index (κ1) is 20.0. The van der Waals surface area contributed by atoms with Gasteiger partial charge in [-0.05, 0) is 123 Å². The summed E-state index contributed by atoms with van der Waals surface area (Å²) in [7, 11) is 0. The Hall–Kier alpha value is -0.260. The van der Waals surface area contributed by atoms with E-state index in [9.17, 15) is 0 Å². The molecule has 0 radical (unpaired) electrons. The van der Waals surface area contributed by atoms with Crippen molar-refractivity contribution in [3.8, 4) is 0 Å². The lowest BCUT2D eigenvalue weighted by Crippen LogP contribution is -2.50. The molecule has 4 aliphatic rings. The zero-order chi connectivity index (χ0) is 19.4. The summed E-state index contributed by atoms with van der Waals surface area (Å²) >= 11 is 0. The standard InChI is InChI=1S/C27H46/c1-7-18(2)8-9-20(4)23-12-13-24-22-11-10-21-16-19(3)17-27(21,6)25(22)14-15-26(23,24)5/h19-25H,2,7-17H2,1,3-6H3. The van der Waals surface area contributed by atoms with Crippen LogP contribution in [-0.4, -0.2) is 0 Å². The lowest BCUT2D eigenvalue weighted by Gasteiger charge is -2.58. The predicted octanol–water partition coefficient (Wildman–Crippen LogP) is 8.27.